The van der Waals surface area contributed by atoms with Crippen LogP contribution in [-0.2, 0) is 4.74 Å². The molecule has 0 radical (unpaired) electrons. The van der Waals surface area contributed by atoms with Gasteiger partial charge in [-0.05, 0) is 43.5 Å². The molecule has 1 aliphatic rings. The Kier molecular flexibility index (Phi) is 3.87. The highest BCUT2D eigenvalue weighted by atomic mass is 32.2. The van der Waals surface area contributed by atoms with Crippen molar-refractivity contribution in [2.24, 2.45) is 0 Å². The van der Waals surface area contributed by atoms with Crippen molar-refractivity contribution in [3.05, 3.63) is 29.3 Å². The van der Waals surface area contributed by atoms with Gasteiger partial charge in [-0.3, -0.25) is 0 Å². The van der Waals surface area contributed by atoms with Crippen LogP contribution in [0.1, 0.15) is 24.0 Å². The maximum Gasteiger partial charge on any atom is 0.0991 e. The van der Waals surface area contributed by atoms with Crippen LogP contribution < -0.4 is 0 Å². The van der Waals surface area contributed by atoms with Crippen LogP contribution in [0.15, 0.2) is 23.1 Å². The Bertz CT molecular complexity index is 405. The summed E-state index contributed by atoms with van der Waals surface area (Å²) in [7, 11) is 0. The summed E-state index contributed by atoms with van der Waals surface area (Å²) in [6.07, 6.45) is 2.26. The molecule has 2 nitrogen and oxygen atoms in total. The van der Waals surface area contributed by atoms with Gasteiger partial charge in [0.2, 0.25) is 0 Å². The van der Waals surface area contributed by atoms with Gasteiger partial charge in [0.1, 0.15) is 0 Å². The Morgan fingerprint density at radius 1 is 1.38 bits per heavy atom. The van der Waals surface area contributed by atoms with Crippen LogP contribution in [0.25, 0.3) is 0 Å². The minimum absolute atomic E-state index is 0.667. The SMILES string of the molecule is Cc1cc(C#N)ccc1SC1CCOCC1. The minimum atomic E-state index is 0.667. The molecule has 0 amide bonds. The first-order valence-corrected chi connectivity index (χ1v) is 6.42. The van der Waals surface area contributed by atoms with Crippen LogP contribution in [0, 0.1) is 18.3 Å². The Morgan fingerprint density at radius 3 is 2.75 bits per heavy atom. The number of hydrogen-bond donors (Lipinski definition) is 0. The summed E-state index contributed by atoms with van der Waals surface area (Å²) < 4.78 is 5.35. The molecule has 3 heteroatoms. The quantitative estimate of drug-likeness (QED) is 0.786. The van der Waals surface area contributed by atoms with Crippen molar-refractivity contribution in [1.29, 1.82) is 5.26 Å². The summed E-state index contributed by atoms with van der Waals surface area (Å²) in [5.74, 6) is 0. The van der Waals surface area contributed by atoms with E-state index in [0.717, 1.165) is 31.6 Å². The van der Waals surface area contributed by atoms with Gasteiger partial charge < -0.3 is 4.74 Å². The molecule has 0 saturated carbocycles. The molecule has 0 spiro atoms. The predicted octanol–water partition coefficient (Wildman–Crippen LogP) is 3.14. The lowest BCUT2D eigenvalue weighted by atomic mass is 10.1. The normalized spacial score (nSPS) is 17.0. The fraction of sp³-hybridized carbons (Fsp3) is 0.462. The molecule has 1 heterocycles. The van der Waals surface area contributed by atoms with Crippen molar-refractivity contribution in [2.75, 3.05) is 13.2 Å². The zero-order chi connectivity index (χ0) is 11.4. The lowest BCUT2D eigenvalue weighted by molar-refractivity contribution is 0.100. The van der Waals surface area contributed by atoms with E-state index in [0.29, 0.717) is 5.25 Å². The van der Waals surface area contributed by atoms with Crippen LogP contribution >= 0.6 is 11.8 Å². The van der Waals surface area contributed by atoms with Gasteiger partial charge in [0, 0.05) is 23.4 Å². The second kappa shape index (κ2) is 5.38. The number of benzene rings is 1. The van der Waals surface area contributed by atoms with E-state index < -0.39 is 0 Å². The van der Waals surface area contributed by atoms with Gasteiger partial charge in [-0.1, -0.05) is 0 Å². The molecule has 1 aromatic rings. The van der Waals surface area contributed by atoms with Crippen molar-refractivity contribution in [3.8, 4) is 6.07 Å². The van der Waals surface area contributed by atoms with Crippen molar-refractivity contribution in [3.63, 3.8) is 0 Å². The maximum atomic E-state index is 8.80. The van der Waals surface area contributed by atoms with Crippen LogP contribution in [0.2, 0.25) is 0 Å². The molecule has 0 unspecified atom stereocenters. The highest BCUT2D eigenvalue weighted by Crippen LogP contribution is 2.32. The molecule has 0 atom stereocenters. The second-order valence-electron chi connectivity index (χ2n) is 4.02. The number of nitriles is 1. The van der Waals surface area contributed by atoms with Crippen molar-refractivity contribution in [1.82, 2.24) is 0 Å². The number of thioether (sulfide) groups is 1. The molecule has 84 valence electrons. The molecule has 1 aromatic carbocycles. The van der Waals surface area contributed by atoms with E-state index in [1.807, 2.05) is 23.9 Å². The van der Waals surface area contributed by atoms with Crippen LogP contribution in [0.3, 0.4) is 0 Å². The Labute approximate surface area is 101 Å². The van der Waals surface area contributed by atoms with Crippen LogP contribution in [0.4, 0.5) is 0 Å². The van der Waals surface area contributed by atoms with Gasteiger partial charge in [0.25, 0.3) is 0 Å². The Hall–Kier alpha value is -0.980. The molecule has 0 aliphatic carbocycles. The highest BCUT2D eigenvalue weighted by molar-refractivity contribution is 8.00. The standard InChI is InChI=1S/C13H15NOS/c1-10-8-11(9-14)2-3-13(10)16-12-4-6-15-7-5-12/h2-3,8,12H,4-7H2,1H3. The second-order valence-corrected chi connectivity index (χ2v) is 5.36. The third kappa shape index (κ3) is 2.78. The van der Waals surface area contributed by atoms with Crippen molar-refractivity contribution in [2.45, 2.75) is 29.9 Å². The first kappa shape index (κ1) is 11.5. The number of nitrogens with zero attached hydrogens (tertiary/aromatic N) is 1. The summed E-state index contributed by atoms with van der Waals surface area (Å²) in [5, 5.41) is 9.47. The molecule has 1 fully saturated rings. The summed E-state index contributed by atoms with van der Waals surface area (Å²) in [5.41, 5.74) is 1.95. The molecule has 2 rings (SSSR count). The average Bonchev–Trinajstić information content (AvgIpc) is 2.33. The Balaban J connectivity index is 2.06. The van der Waals surface area contributed by atoms with Gasteiger partial charge in [-0.25, -0.2) is 0 Å². The van der Waals surface area contributed by atoms with E-state index in [9.17, 15) is 0 Å². The predicted molar refractivity (Wildman–Crippen MR) is 65.6 cm³/mol. The third-order valence-electron chi connectivity index (χ3n) is 2.77. The van der Waals surface area contributed by atoms with E-state index >= 15 is 0 Å². The summed E-state index contributed by atoms with van der Waals surface area (Å²) in [6, 6.07) is 8.09. The third-order valence-corrected chi connectivity index (χ3v) is 4.28. The fourth-order valence-electron chi connectivity index (χ4n) is 1.82. The van der Waals surface area contributed by atoms with Crippen LogP contribution in [-0.4, -0.2) is 18.5 Å². The number of rotatable bonds is 2. The summed E-state index contributed by atoms with van der Waals surface area (Å²) in [4.78, 5) is 1.30. The molecule has 1 aliphatic heterocycles. The van der Waals surface area contributed by atoms with Gasteiger partial charge in [-0.2, -0.15) is 5.26 Å². The average molecular weight is 233 g/mol. The fourth-order valence-corrected chi connectivity index (χ4v) is 3.00. The zero-order valence-corrected chi connectivity index (χ0v) is 10.2. The van der Waals surface area contributed by atoms with Crippen molar-refractivity contribution >= 4 is 11.8 Å². The largest absolute Gasteiger partial charge is 0.381 e. The number of aryl methyl sites for hydroxylation is 1. The first-order valence-electron chi connectivity index (χ1n) is 5.55. The molecular formula is C13H15NOS. The molecule has 1 saturated heterocycles. The smallest absolute Gasteiger partial charge is 0.0991 e. The maximum absolute atomic E-state index is 8.80. The Morgan fingerprint density at radius 2 is 2.12 bits per heavy atom. The number of hydrogen-bond acceptors (Lipinski definition) is 3. The van der Waals surface area contributed by atoms with Crippen molar-refractivity contribution < 1.29 is 4.74 Å². The van der Waals surface area contributed by atoms with Gasteiger partial charge in [0.05, 0.1) is 11.6 Å². The molecule has 0 aromatic heterocycles. The lowest BCUT2D eigenvalue weighted by Crippen LogP contribution is -2.17. The minimum Gasteiger partial charge on any atom is -0.381 e. The van der Waals surface area contributed by atoms with E-state index in [1.54, 1.807) is 0 Å². The van der Waals surface area contributed by atoms with E-state index in [4.69, 9.17) is 10.00 Å². The lowest BCUT2D eigenvalue weighted by Gasteiger charge is -2.22. The summed E-state index contributed by atoms with van der Waals surface area (Å²) in [6.45, 7) is 3.84. The van der Waals surface area contributed by atoms with E-state index in [1.165, 1.54) is 10.5 Å². The van der Waals surface area contributed by atoms with Gasteiger partial charge >= 0.3 is 0 Å². The van der Waals surface area contributed by atoms with Gasteiger partial charge in [0.15, 0.2) is 0 Å². The molecule has 0 bridgehead atoms. The van der Waals surface area contributed by atoms with E-state index in [2.05, 4.69) is 19.1 Å². The summed E-state index contributed by atoms with van der Waals surface area (Å²) >= 11 is 1.92. The van der Waals surface area contributed by atoms with Crippen LogP contribution in [0.5, 0.6) is 0 Å². The monoisotopic (exact) mass is 233 g/mol. The first-order chi connectivity index (χ1) is 7.79. The molecule has 0 N–H and O–H groups in total. The highest BCUT2D eigenvalue weighted by Gasteiger charge is 2.15. The topological polar surface area (TPSA) is 33.0 Å². The van der Waals surface area contributed by atoms with Gasteiger partial charge in [-0.15, -0.1) is 11.8 Å². The van der Waals surface area contributed by atoms with E-state index in [-0.39, 0.29) is 0 Å². The zero-order valence-electron chi connectivity index (χ0n) is 9.40. The molecular weight excluding hydrogens is 218 g/mol. The number of ether oxygens (including phenoxy) is 1. The molecule has 16 heavy (non-hydrogen) atoms.